The minimum Gasteiger partial charge on any atom is -0.488 e. The number of benzene rings is 4. The molecule has 0 atom stereocenters. The highest BCUT2D eigenvalue weighted by Gasteiger charge is 2.15. The number of hydrogen-bond donors (Lipinski definition) is 1. The van der Waals surface area contributed by atoms with Crippen molar-refractivity contribution in [1.82, 2.24) is 0 Å². The van der Waals surface area contributed by atoms with Crippen LogP contribution in [-0.4, -0.2) is 5.91 Å². The molecule has 0 aliphatic heterocycles. The van der Waals surface area contributed by atoms with Crippen LogP contribution in [0.25, 0.3) is 16.8 Å². The van der Waals surface area contributed by atoms with Crippen LogP contribution in [0.3, 0.4) is 0 Å². The molecule has 0 heterocycles. The van der Waals surface area contributed by atoms with Gasteiger partial charge < -0.3 is 10.1 Å². The van der Waals surface area contributed by atoms with Crippen LogP contribution in [-0.2, 0) is 11.4 Å². The molecule has 0 fully saturated rings. The number of amides is 1. The molecule has 1 amide bonds. The molecule has 34 heavy (non-hydrogen) atoms. The van der Waals surface area contributed by atoms with Crippen molar-refractivity contribution in [2.75, 3.05) is 5.32 Å². The molecule has 0 aromatic heterocycles. The SMILES string of the molecule is Cc1ccc(C)c(NC(=O)/C(C#N)=C/c2c(OCc3ccccc3Cl)ccc3ccccc23)c1. The molecular weight excluding hydrogens is 444 g/mol. The average molecular weight is 467 g/mol. The third kappa shape index (κ3) is 5.11. The van der Waals surface area contributed by atoms with E-state index in [0.29, 0.717) is 22.0 Å². The van der Waals surface area contributed by atoms with Crippen molar-refractivity contribution in [2.24, 2.45) is 0 Å². The van der Waals surface area contributed by atoms with Crippen LogP contribution in [0.1, 0.15) is 22.3 Å². The number of rotatable bonds is 6. The average Bonchev–Trinajstić information content (AvgIpc) is 2.84. The highest BCUT2D eigenvalue weighted by molar-refractivity contribution is 6.31. The Morgan fingerprint density at radius 2 is 1.79 bits per heavy atom. The van der Waals surface area contributed by atoms with Gasteiger partial charge in [-0.25, -0.2) is 0 Å². The Bertz CT molecular complexity index is 1450. The summed E-state index contributed by atoms with van der Waals surface area (Å²) in [5.74, 6) is 0.0899. The fourth-order valence-corrected chi connectivity index (χ4v) is 3.86. The van der Waals surface area contributed by atoms with Crippen LogP contribution >= 0.6 is 11.6 Å². The van der Waals surface area contributed by atoms with E-state index in [9.17, 15) is 10.1 Å². The first-order valence-corrected chi connectivity index (χ1v) is 11.2. The zero-order valence-corrected chi connectivity index (χ0v) is 19.7. The highest BCUT2D eigenvalue weighted by atomic mass is 35.5. The van der Waals surface area contributed by atoms with Crippen molar-refractivity contribution in [3.05, 3.63) is 112 Å². The fraction of sp³-hybridized carbons (Fsp3) is 0.103. The minimum atomic E-state index is -0.471. The topological polar surface area (TPSA) is 62.1 Å². The molecule has 4 aromatic carbocycles. The number of ether oxygens (including phenoxy) is 1. The summed E-state index contributed by atoms with van der Waals surface area (Å²) in [4.78, 5) is 13.0. The number of anilines is 1. The second-order valence-electron chi connectivity index (χ2n) is 8.02. The smallest absolute Gasteiger partial charge is 0.266 e. The molecule has 4 aromatic rings. The normalized spacial score (nSPS) is 11.2. The number of nitrogens with zero attached hydrogens (tertiary/aromatic N) is 1. The highest BCUT2D eigenvalue weighted by Crippen LogP contribution is 2.32. The van der Waals surface area contributed by atoms with Gasteiger partial charge in [0, 0.05) is 21.8 Å². The maximum absolute atomic E-state index is 13.0. The van der Waals surface area contributed by atoms with Crippen molar-refractivity contribution < 1.29 is 9.53 Å². The van der Waals surface area contributed by atoms with Crippen LogP contribution in [0.2, 0.25) is 5.02 Å². The van der Waals surface area contributed by atoms with Crippen LogP contribution in [0.4, 0.5) is 5.69 Å². The second kappa shape index (κ2) is 10.2. The van der Waals surface area contributed by atoms with E-state index in [1.165, 1.54) is 0 Å². The number of carbonyl (C=O) groups excluding carboxylic acids is 1. The Balaban J connectivity index is 1.72. The fourth-order valence-electron chi connectivity index (χ4n) is 3.67. The lowest BCUT2D eigenvalue weighted by Gasteiger charge is -2.14. The van der Waals surface area contributed by atoms with Gasteiger partial charge in [0.05, 0.1) is 0 Å². The van der Waals surface area contributed by atoms with Gasteiger partial charge in [0.15, 0.2) is 0 Å². The second-order valence-corrected chi connectivity index (χ2v) is 8.43. The molecule has 0 spiro atoms. The molecule has 168 valence electrons. The van der Waals surface area contributed by atoms with E-state index in [0.717, 1.165) is 27.5 Å². The van der Waals surface area contributed by atoms with Crippen LogP contribution in [0, 0.1) is 25.2 Å². The molecule has 0 radical (unpaired) electrons. The van der Waals surface area contributed by atoms with E-state index in [1.807, 2.05) is 92.7 Å². The Kier molecular flexibility index (Phi) is 6.96. The number of nitriles is 1. The van der Waals surface area contributed by atoms with Gasteiger partial charge in [0.2, 0.25) is 0 Å². The lowest BCUT2D eigenvalue weighted by Crippen LogP contribution is -2.14. The summed E-state index contributed by atoms with van der Waals surface area (Å²) in [6.45, 7) is 4.13. The third-order valence-corrected chi connectivity index (χ3v) is 5.94. The van der Waals surface area contributed by atoms with Crippen LogP contribution < -0.4 is 10.1 Å². The predicted molar refractivity (Wildman–Crippen MR) is 138 cm³/mol. The number of carbonyl (C=O) groups is 1. The third-order valence-electron chi connectivity index (χ3n) is 5.57. The summed E-state index contributed by atoms with van der Waals surface area (Å²) in [7, 11) is 0. The molecule has 0 aliphatic carbocycles. The maximum Gasteiger partial charge on any atom is 0.266 e. The largest absolute Gasteiger partial charge is 0.488 e. The molecule has 0 bridgehead atoms. The number of hydrogen-bond acceptors (Lipinski definition) is 3. The molecule has 1 N–H and O–H groups in total. The van der Waals surface area contributed by atoms with Gasteiger partial charge in [0.1, 0.15) is 24.0 Å². The maximum atomic E-state index is 13.0. The molecule has 4 nitrogen and oxygen atoms in total. The first-order valence-electron chi connectivity index (χ1n) is 10.8. The van der Waals surface area contributed by atoms with Gasteiger partial charge in [-0.15, -0.1) is 0 Å². The van der Waals surface area contributed by atoms with Gasteiger partial charge in [-0.05, 0) is 60.0 Å². The van der Waals surface area contributed by atoms with E-state index in [2.05, 4.69) is 11.4 Å². The first-order chi connectivity index (χ1) is 16.5. The Morgan fingerprint density at radius 3 is 2.59 bits per heavy atom. The monoisotopic (exact) mass is 466 g/mol. The van der Waals surface area contributed by atoms with Crippen molar-refractivity contribution in [1.29, 1.82) is 5.26 Å². The molecular formula is C29H23ClN2O2. The van der Waals surface area contributed by atoms with E-state index >= 15 is 0 Å². The quantitative estimate of drug-likeness (QED) is 0.241. The van der Waals surface area contributed by atoms with E-state index in [1.54, 1.807) is 6.08 Å². The van der Waals surface area contributed by atoms with Crippen LogP contribution in [0.5, 0.6) is 5.75 Å². The zero-order valence-electron chi connectivity index (χ0n) is 18.9. The van der Waals surface area contributed by atoms with E-state index < -0.39 is 5.91 Å². The molecule has 5 heteroatoms. The summed E-state index contributed by atoms with van der Waals surface area (Å²) in [6, 6.07) is 26.9. The van der Waals surface area contributed by atoms with Crippen molar-refractivity contribution in [3.63, 3.8) is 0 Å². The van der Waals surface area contributed by atoms with Gasteiger partial charge in [-0.1, -0.05) is 72.3 Å². The summed E-state index contributed by atoms with van der Waals surface area (Å²) in [6.07, 6.45) is 1.59. The number of halogens is 1. The van der Waals surface area contributed by atoms with E-state index in [4.69, 9.17) is 16.3 Å². The molecule has 0 aliphatic rings. The predicted octanol–water partition coefficient (Wildman–Crippen LogP) is 7.23. The lowest BCUT2D eigenvalue weighted by atomic mass is 10.0. The van der Waals surface area contributed by atoms with Crippen molar-refractivity contribution >= 4 is 40.0 Å². The summed E-state index contributed by atoms with van der Waals surface area (Å²) < 4.78 is 6.12. The molecule has 0 saturated carbocycles. The van der Waals surface area contributed by atoms with Crippen molar-refractivity contribution in [2.45, 2.75) is 20.5 Å². The number of fused-ring (bicyclic) bond motifs is 1. The Morgan fingerprint density at radius 1 is 1.03 bits per heavy atom. The van der Waals surface area contributed by atoms with Crippen molar-refractivity contribution in [3.8, 4) is 11.8 Å². The Labute approximate surface area is 204 Å². The lowest BCUT2D eigenvalue weighted by molar-refractivity contribution is -0.112. The summed E-state index contributed by atoms with van der Waals surface area (Å²) >= 11 is 6.29. The Hall–Kier alpha value is -4.07. The summed E-state index contributed by atoms with van der Waals surface area (Å²) in [5, 5.41) is 15.2. The molecule has 0 saturated heterocycles. The van der Waals surface area contributed by atoms with Gasteiger partial charge in [-0.3, -0.25) is 4.79 Å². The van der Waals surface area contributed by atoms with Gasteiger partial charge in [0.25, 0.3) is 5.91 Å². The van der Waals surface area contributed by atoms with E-state index in [-0.39, 0.29) is 12.2 Å². The summed E-state index contributed by atoms with van der Waals surface area (Å²) in [5.41, 5.74) is 4.12. The molecule has 0 unspecified atom stereocenters. The minimum absolute atomic E-state index is 0.0140. The zero-order chi connectivity index (χ0) is 24.1. The standard InChI is InChI=1S/C29H23ClN2O2/c1-19-11-12-20(2)27(15-19)32-29(33)23(17-31)16-25-24-9-5-3-7-21(24)13-14-28(25)34-18-22-8-4-6-10-26(22)30/h3-16H,18H2,1-2H3,(H,32,33)/b23-16+. The first kappa shape index (κ1) is 23.1. The van der Waals surface area contributed by atoms with Gasteiger partial charge >= 0.3 is 0 Å². The number of aryl methyl sites for hydroxylation is 2. The number of nitrogens with one attached hydrogen (secondary N) is 1. The van der Waals surface area contributed by atoms with Crippen LogP contribution in [0.15, 0.2) is 84.4 Å². The molecule has 4 rings (SSSR count). The van der Waals surface area contributed by atoms with Gasteiger partial charge in [-0.2, -0.15) is 5.26 Å².